The highest BCUT2D eigenvalue weighted by Gasteiger charge is 2.36. The minimum atomic E-state index is -0.822. The maximum Gasteiger partial charge on any atom is 0.227 e. The van der Waals surface area contributed by atoms with Crippen molar-refractivity contribution in [3.63, 3.8) is 0 Å². The summed E-state index contributed by atoms with van der Waals surface area (Å²) < 4.78 is 26.7. The van der Waals surface area contributed by atoms with Gasteiger partial charge in [0.05, 0.1) is 11.6 Å². The second-order valence-corrected chi connectivity index (χ2v) is 6.21. The van der Waals surface area contributed by atoms with Gasteiger partial charge < -0.3 is 16.0 Å². The van der Waals surface area contributed by atoms with Crippen molar-refractivity contribution in [2.45, 2.75) is 25.8 Å². The third kappa shape index (κ3) is 4.87. The molecule has 0 saturated carbocycles. The van der Waals surface area contributed by atoms with Crippen LogP contribution in [0.4, 0.5) is 14.5 Å². The Morgan fingerprint density at radius 1 is 1.43 bits per heavy atom. The Hall–Kier alpha value is -1.73. The smallest absolute Gasteiger partial charge is 0.227 e. The molecule has 0 aromatic heterocycles. The van der Waals surface area contributed by atoms with Gasteiger partial charge in [-0.2, -0.15) is 0 Å². The Balaban J connectivity index is 0.00000264. The molecule has 0 bridgehead atoms. The van der Waals surface area contributed by atoms with Gasteiger partial charge in [-0.15, -0.1) is 12.4 Å². The highest BCUT2D eigenvalue weighted by atomic mass is 35.5. The topological polar surface area (TPSA) is 75.4 Å². The maximum absolute atomic E-state index is 13.8. The van der Waals surface area contributed by atoms with Crippen molar-refractivity contribution in [3.05, 3.63) is 29.8 Å². The first-order valence-corrected chi connectivity index (χ1v) is 6.99. The van der Waals surface area contributed by atoms with Crippen LogP contribution in [-0.4, -0.2) is 30.4 Å². The van der Waals surface area contributed by atoms with E-state index in [0.717, 1.165) is 6.07 Å². The number of halogens is 3. The number of carbonyl (C=O) groups is 2. The zero-order valence-corrected chi connectivity index (χ0v) is 13.8. The number of nitrogens with one attached hydrogen (secondary N) is 1. The zero-order chi connectivity index (χ0) is 16.5. The lowest BCUT2D eigenvalue weighted by Gasteiger charge is -2.21. The van der Waals surface area contributed by atoms with Crippen LogP contribution in [0.3, 0.4) is 0 Å². The molecule has 8 heteroatoms. The predicted molar refractivity (Wildman–Crippen MR) is 85.3 cm³/mol. The van der Waals surface area contributed by atoms with Crippen molar-refractivity contribution in [2.24, 2.45) is 11.7 Å². The number of carbonyl (C=O) groups excluding carboxylic acids is 2. The van der Waals surface area contributed by atoms with Gasteiger partial charge in [-0.1, -0.05) is 0 Å². The van der Waals surface area contributed by atoms with E-state index < -0.39 is 23.1 Å². The van der Waals surface area contributed by atoms with E-state index >= 15 is 0 Å². The van der Waals surface area contributed by atoms with Gasteiger partial charge >= 0.3 is 0 Å². The second-order valence-electron chi connectivity index (χ2n) is 6.21. The number of rotatable bonds is 4. The van der Waals surface area contributed by atoms with Crippen molar-refractivity contribution in [1.82, 2.24) is 5.32 Å². The van der Waals surface area contributed by atoms with Gasteiger partial charge in [-0.25, -0.2) is 8.78 Å². The van der Waals surface area contributed by atoms with Crippen molar-refractivity contribution >= 4 is 29.9 Å². The minimum Gasteiger partial charge on any atom is -0.354 e. The fourth-order valence-corrected chi connectivity index (χ4v) is 2.28. The van der Waals surface area contributed by atoms with Crippen LogP contribution < -0.4 is 16.0 Å². The molecular weight excluding hydrogens is 328 g/mol. The molecule has 1 aromatic rings. The molecule has 0 radical (unpaired) electrons. The molecule has 1 unspecified atom stereocenters. The van der Waals surface area contributed by atoms with Crippen molar-refractivity contribution in [3.8, 4) is 0 Å². The largest absolute Gasteiger partial charge is 0.354 e. The van der Waals surface area contributed by atoms with E-state index in [9.17, 15) is 18.4 Å². The molecule has 3 N–H and O–H groups in total. The Morgan fingerprint density at radius 3 is 2.65 bits per heavy atom. The lowest BCUT2D eigenvalue weighted by Crippen LogP contribution is -2.46. The summed E-state index contributed by atoms with van der Waals surface area (Å²) in [4.78, 5) is 25.2. The van der Waals surface area contributed by atoms with Gasteiger partial charge in [0.1, 0.15) is 11.6 Å². The Labute approximate surface area is 139 Å². The molecular formula is C15H20ClF2N3O2. The molecule has 2 amide bonds. The first-order chi connectivity index (χ1) is 10.2. The SMILES string of the molecule is CC(C)(N)CNC(=O)C1CC(=O)N(c2ccc(F)cc2F)C1.Cl. The van der Waals surface area contributed by atoms with Crippen LogP contribution in [-0.2, 0) is 9.59 Å². The molecule has 23 heavy (non-hydrogen) atoms. The molecule has 128 valence electrons. The lowest BCUT2D eigenvalue weighted by atomic mass is 10.1. The molecule has 1 aliphatic heterocycles. The number of hydrogen-bond acceptors (Lipinski definition) is 3. The number of nitrogens with zero attached hydrogens (tertiary/aromatic N) is 1. The van der Waals surface area contributed by atoms with Crippen LogP contribution in [0.15, 0.2) is 18.2 Å². The zero-order valence-electron chi connectivity index (χ0n) is 12.9. The normalized spacial score (nSPS) is 17.9. The third-order valence-corrected chi connectivity index (χ3v) is 3.41. The number of amides is 2. The van der Waals surface area contributed by atoms with Crippen LogP contribution in [0.5, 0.6) is 0 Å². The molecule has 2 rings (SSSR count). The van der Waals surface area contributed by atoms with Gasteiger partial charge in [0, 0.05) is 31.1 Å². The number of benzene rings is 1. The van der Waals surface area contributed by atoms with Crippen molar-refractivity contribution in [2.75, 3.05) is 18.0 Å². The molecule has 0 aliphatic carbocycles. The average Bonchev–Trinajstić information content (AvgIpc) is 2.77. The third-order valence-electron chi connectivity index (χ3n) is 3.41. The van der Waals surface area contributed by atoms with E-state index in [1.807, 2.05) is 0 Å². The molecule has 1 fully saturated rings. The van der Waals surface area contributed by atoms with E-state index in [0.29, 0.717) is 6.07 Å². The number of anilines is 1. The summed E-state index contributed by atoms with van der Waals surface area (Å²) in [6.45, 7) is 3.89. The van der Waals surface area contributed by atoms with Gasteiger partial charge in [-0.05, 0) is 26.0 Å². The van der Waals surface area contributed by atoms with Crippen molar-refractivity contribution < 1.29 is 18.4 Å². The van der Waals surface area contributed by atoms with E-state index in [1.165, 1.54) is 11.0 Å². The second kappa shape index (κ2) is 7.23. The van der Waals surface area contributed by atoms with E-state index in [4.69, 9.17) is 5.73 Å². The summed E-state index contributed by atoms with van der Waals surface area (Å²) in [7, 11) is 0. The quantitative estimate of drug-likeness (QED) is 0.868. The summed E-state index contributed by atoms with van der Waals surface area (Å²) in [5, 5.41) is 2.68. The van der Waals surface area contributed by atoms with E-state index in [1.54, 1.807) is 13.8 Å². The fraction of sp³-hybridized carbons (Fsp3) is 0.467. The minimum absolute atomic E-state index is 0. The summed E-state index contributed by atoms with van der Waals surface area (Å²) in [5.74, 6) is -2.77. The number of nitrogens with two attached hydrogens (primary N) is 1. The first-order valence-electron chi connectivity index (χ1n) is 6.99. The summed E-state index contributed by atoms with van der Waals surface area (Å²) in [6.07, 6.45) is -0.00630. The molecule has 5 nitrogen and oxygen atoms in total. The molecule has 1 heterocycles. The molecule has 1 aromatic carbocycles. The summed E-state index contributed by atoms with van der Waals surface area (Å²) >= 11 is 0. The van der Waals surface area contributed by atoms with Crippen LogP contribution in [0, 0.1) is 17.6 Å². The van der Waals surface area contributed by atoms with Gasteiger partial charge in [0.2, 0.25) is 11.8 Å². The maximum atomic E-state index is 13.8. The molecule has 1 saturated heterocycles. The molecule has 1 atom stereocenters. The Kier molecular flexibility index (Phi) is 6.07. The average molecular weight is 348 g/mol. The van der Waals surface area contributed by atoms with Gasteiger partial charge in [-0.3, -0.25) is 9.59 Å². The monoisotopic (exact) mass is 347 g/mol. The molecule has 0 spiro atoms. The van der Waals surface area contributed by atoms with E-state index in [-0.39, 0.29) is 49.4 Å². The summed E-state index contributed by atoms with van der Waals surface area (Å²) in [5.41, 5.74) is 5.22. The van der Waals surface area contributed by atoms with Crippen molar-refractivity contribution in [1.29, 1.82) is 0 Å². The molecule has 1 aliphatic rings. The predicted octanol–water partition coefficient (Wildman–Crippen LogP) is 1.59. The first kappa shape index (κ1) is 19.3. The highest BCUT2D eigenvalue weighted by Crippen LogP contribution is 2.28. The highest BCUT2D eigenvalue weighted by molar-refractivity contribution is 6.00. The van der Waals surface area contributed by atoms with Gasteiger partial charge in [0.15, 0.2) is 0 Å². The fourth-order valence-electron chi connectivity index (χ4n) is 2.28. The lowest BCUT2D eigenvalue weighted by molar-refractivity contribution is -0.126. The van der Waals surface area contributed by atoms with Crippen LogP contribution >= 0.6 is 12.4 Å². The van der Waals surface area contributed by atoms with E-state index in [2.05, 4.69) is 5.32 Å². The van der Waals surface area contributed by atoms with Gasteiger partial charge in [0.25, 0.3) is 0 Å². The van der Waals surface area contributed by atoms with Crippen LogP contribution in [0.1, 0.15) is 20.3 Å². The standard InChI is InChI=1S/C15H19F2N3O2.ClH/c1-15(2,18)8-19-14(22)9-5-13(21)20(7-9)12-4-3-10(16)6-11(12)17;/h3-4,6,9H,5,7-8,18H2,1-2H3,(H,19,22);1H. The van der Waals surface area contributed by atoms with Crippen LogP contribution in [0.2, 0.25) is 0 Å². The number of hydrogen-bond donors (Lipinski definition) is 2. The summed E-state index contributed by atoms with van der Waals surface area (Å²) in [6, 6.07) is 2.99. The Bertz CT molecular complexity index is 605. The Morgan fingerprint density at radius 2 is 2.09 bits per heavy atom. The van der Waals surface area contributed by atoms with Crippen LogP contribution in [0.25, 0.3) is 0 Å².